The highest BCUT2D eigenvalue weighted by molar-refractivity contribution is 5.95. The first-order chi connectivity index (χ1) is 9.36. The van der Waals surface area contributed by atoms with E-state index in [0.717, 1.165) is 6.07 Å². The van der Waals surface area contributed by atoms with Crippen molar-refractivity contribution in [2.75, 3.05) is 33.0 Å². The quantitative estimate of drug-likeness (QED) is 0.645. The molecule has 0 aliphatic heterocycles. The topological polar surface area (TPSA) is 81.9 Å². The fourth-order valence-electron chi connectivity index (χ4n) is 1.33. The molecular formula is C13H17FN2O4. The van der Waals surface area contributed by atoms with E-state index in [2.05, 4.69) is 0 Å². The Morgan fingerprint density at radius 2 is 2.00 bits per heavy atom. The number of hydrogen-bond acceptors (Lipinski definition) is 5. The van der Waals surface area contributed by atoms with Crippen molar-refractivity contribution < 1.29 is 23.5 Å². The van der Waals surface area contributed by atoms with Crippen LogP contribution in [0.2, 0.25) is 0 Å². The van der Waals surface area contributed by atoms with Crippen LogP contribution in [0.3, 0.4) is 0 Å². The van der Waals surface area contributed by atoms with E-state index >= 15 is 0 Å². The number of amides is 1. The lowest BCUT2D eigenvalue weighted by Gasteiger charge is -2.13. The van der Waals surface area contributed by atoms with Gasteiger partial charge in [-0.15, -0.1) is 0 Å². The summed E-state index contributed by atoms with van der Waals surface area (Å²) in [5, 5.41) is 0. The van der Waals surface area contributed by atoms with Crippen LogP contribution < -0.4 is 10.5 Å². The Morgan fingerprint density at radius 1 is 1.35 bits per heavy atom. The van der Waals surface area contributed by atoms with Gasteiger partial charge in [0.2, 0.25) is 0 Å². The summed E-state index contributed by atoms with van der Waals surface area (Å²) in [7, 11) is 3.14. The van der Waals surface area contributed by atoms with E-state index in [9.17, 15) is 14.0 Å². The van der Waals surface area contributed by atoms with E-state index in [0.29, 0.717) is 0 Å². The summed E-state index contributed by atoms with van der Waals surface area (Å²) in [5.74, 6) is -1.80. The molecule has 0 spiro atoms. The Balaban J connectivity index is 2.94. The molecule has 0 unspecified atom stereocenters. The molecule has 7 heteroatoms. The third-order valence-electron chi connectivity index (χ3n) is 2.46. The first-order valence-electron chi connectivity index (χ1n) is 5.95. The number of esters is 1. The molecule has 1 rings (SSSR count). The summed E-state index contributed by atoms with van der Waals surface area (Å²) < 4.78 is 23.5. The van der Waals surface area contributed by atoms with Gasteiger partial charge in [0, 0.05) is 20.2 Å². The van der Waals surface area contributed by atoms with Gasteiger partial charge >= 0.3 is 5.97 Å². The van der Waals surface area contributed by atoms with Crippen LogP contribution in [0.5, 0.6) is 5.75 Å². The van der Waals surface area contributed by atoms with Crippen molar-refractivity contribution in [1.82, 2.24) is 4.90 Å². The number of nitrogens with two attached hydrogens (primary N) is 1. The molecule has 1 aromatic rings. The summed E-state index contributed by atoms with van der Waals surface area (Å²) in [6, 6.07) is 2.26. The number of nitrogen functional groups attached to an aromatic ring is 1. The summed E-state index contributed by atoms with van der Waals surface area (Å²) in [6.07, 6.45) is 0. The number of hydrogen-bond donors (Lipinski definition) is 1. The van der Waals surface area contributed by atoms with Crippen molar-refractivity contribution in [3.05, 3.63) is 23.5 Å². The molecule has 110 valence electrons. The number of carbonyl (C=O) groups is 2. The van der Waals surface area contributed by atoms with E-state index in [-0.39, 0.29) is 36.1 Å². The van der Waals surface area contributed by atoms with Gasteiger partial charge in [0.15, 0.2) is 12.4 Å². The Labute approximate surface area is 116 Å². The minimum Gasteiger partial charge on any atom is -0.484 e. The molecule has 1 amide bonds. The molecule has 1 aromatic carbocycles. The van der Waals surface area contributed by atoms with Gasteiger partial charge < -0.3 is 20.1 Å². The second-order valence-electron chi connectivity index (χ2n) is 4.16. The minimum absolute atomic E-state index is 0.0370. The maximum atomic E-state index is 13.6. The second kappa shape index (κ2) is 6.74. The zero-order valence-electron chi connectivity index (χ0n) is 11.6. The van der Waals surface area contributed by atoms with Crippen LogP contribution in [0.25, 0.3) is 0 Å². The third kappa shape index (κ3) is 3.84. The summed E-state index contributed by atoms with van der Waals surface area (Å²) >= 11 is 0. The maximum Gasteiger partial charge on any atom is 0.340 e. The van der Waals surface area contributed by atoms with Crippen LogP contribution >= 0.6 is 0 Å². The molecule has 20 heavy (non-hydrogen) atoms. The zero-order valence-corrected chi connectivity index (χ0v) is 11.6. The van der Waals surface area contributed by atoms with Crippen molar-refractivity contribution >= 4 is 17.6 Å². The van der Waals surface area contributed by atoms with E-state index in [1.54, 1.807) is 21.0 Å². The molecule has 6 nitrogen and oxygen atoms in total. The molecule has 0 saturated heterocycles. The molecular weight excluding hydrogens is 267 g/mol. The van der Waals surface area contributed by atoms with Crippen LogP contribution in [0.4, 0.5) is 10.1 Å². The lowest BCUT2D eigenvalue weighted by atomic mass is 10.1. The van der Waals surface area contributed by atoms with Gasteiger partial charge in [0.25, 0.3) is 5.91 Å². The summed E-state index contributed by atoms with van der Waals surface area (Å²) in [5.41, 5.74) is 5.04. The van der Waals surface area contributed by atoms with Gasteiger partial charge in [-0.2, -0.15) is 0 Å². The number of benzene rings is 1. The number of rotatable bonds is 5. The largest absolute Gasteiger partial charge is 0.484 e. The minimum atomic E-state index is -0.803. The number of nitrogens with zero attached hydrogens (tertiary/aromatic N) is 1. The molecule has 0 atom stereocenters. The first-order valence-corrected chi connectivity index (χ1v) is 5.95. The third-order valence-corrected chi connectivity index (χ3v) is 2.46. The van der Waals surface area contributed by atoms with Gasteiger partial charge in [0.1, 0.15) is 5.75 Å². The van der Waals surface area contributed by atoms with Crippen LogP contribution in [-0.2, 0) is 9.53 Å². The van der Waals surface area contributed by atoms with E-state index in [1.807, 2.05) is 0 Å². The van der Waals surface area contributed by atoms with Gasteiger partial charge in [-0.3, -0.25) is 4.79 Å². The summed E-state index contributed by atoms with van der Waals surface area (Å²) in [4.78, 5) is 24.3. The molecule has 0 fully saturated rings. The normalized spacial score (nSPS) is 10.0. The summed E-state index contributed by atoms with van der Waals surface area (Å²) in [6.45, 7) is 1.50. The predicted octanol–water partition coefficient (Wildman–Crippen LogP) is 1.05. The van der Waals surface area contributed by atoms with Crippen molar-refractivity contribution in [2.45, 2.75) is 6.92 Å². The van der Waals surface area contributed by atoms with Crippen molar-refractivity contribution in [3.8, 4) is 5.75 Å². The Hall–Kier alpha value is -2.31. The fraction of sp³-hybridized carbons (Fsp3) is 0.385. The maximum absolute atomic E-state index is 13.6. The molecule has 0 aromatic heterocycles. The zero-order chi connectivity index (χ0) is 15.3. The smallest absolute Gasteiger partial charge is 0.340 e. The van der Waals surface area contributed by atoms with Gasteiger partial charge in [-0.1, -0.05) is 0 Å². The van der Waals surface area contributed by atoms with Crippen molar-refractivity contribution in [2.24, 2.45) is 0 Å². The van der Waals surface area contributed by atoms with Gasteiger partial charge in [-0.05, 0) is 13.0 Å². The SMILES string of the molecule is CCOC(=O)c1cc(OCC(=O)N(C)C)cc(F)c1N. The van der Waals surface area contributed by atoms with E-state index in [4.69, 9.17) is 15.2 Å². The predicted molar refractivity (Wildman–Crippen MR) is 71.0 cm³/mol. The number of halogens is 1. The van der Waals surface area contributed by atoms with Gasteiger partial charge in [0.05, 0.1) is 17.9 Å². The molecule has 0 bridgehead atoms. The highest BCUT2D eigenvalue weighted by Gasteiger charge is 2.17. The van der Waals surface area contributed by atoms with Crippen LogP contribution in [-0.4, -0.2) is 44.1 Å². The van der Waals surface area contributed by atoms with Crippen LogP contribution in [0.1, 0.15) is 17.3 Å². The molecule has 0 aliphatic rings. The standard InChI is InChI=1S/C13H17FN2O4/c1-4-19-13(18)9-5-8(6-10(14)12(9)15)20-7-11(17)16(2)3/h5-6H,4,7,15H2,1-3H3. The highest BCUT2D eigenvalue weighted by Crippen LogP contribution is 2.24. The molecule has 0 aliphatic carbocycles. The Morgan fingerprint density at radius 3 is 2.55 bits per heavy atom. The first kappa shape index (κ1) is 15.7. The van der Waals surface area contributed by atoms with E-state index in [1.165, 1.54) is 11.0 Å². The molecule has 0 saturated carbocycles. The number of carbonyl (C=O) groups excluding carboxylic acids is 2. The van der Waals surface area contributed by atoms with Crippen molar-refractivity contribution in [3.63, 3.8) is 0 Å². The average Bonchev–Trinajstić information content (AvgIpc) is 2.39. The Kier molecular flexibility index (Phi) is 5.31. The average molecular weight is 284 g/mol. The fourth-order valence-corrected chi connectivity index (χ4v) is 1.33. The lowest BCUT2D eigenvalue weighted by molar-refractivity contribution is -0.130. The molecule has 0 radical (unpaired) electrons. The van der Waals surface area contributed by atoms with Crippen molar-refractivity contribution in [1.29, 1.82) is 0 Å². The van der Waals surface area contributed by atoms with E-state index < -0.39 is 11.8 Å². The lowest BCUT2D eigenvalue weighted by Crippen LogP contribution is -2.27. The second-order valence-corrected chi connectivity index (χ2v) is 4.16. The van der Waals surface area contributed by atoms with Gasteiger partial charge in [-0.25, -0.2) is 9.18 Å². The number of ether oxygens (including phenoxy) is 2. The molecule has 2 N–H and O–H groups in total. The number of likely N-dealkylation sites (N-methyl/N-ethyl adjacent to an activating group) is 1. The monoisotopic (exact) mass is 284 g/mol. The van der Waals surface area contributed by atoms with Crippen LogP contribution in [0.15, 0.2) is 12.1 Å². The molecule has 0 heterocycles. The Bertz CT molecular complexity index is 517. The number of anilines is 1. The highest BCUT2D eigenvalue weighted by atomic mass is 19.1. The van der Waals surface area contributed by atoms with Crippen LogP contribution in [0, 0.1) is 5.82 Å².